The summed E-state index contributed by atoms with van der Waals surface area (Å²) in [6, 6.07) is 0. The highest BCUT2D eigenvalue weighted by Gasteiger charge is 2.40. The van der Waals surface area contributed by atoms with Gasteiger partial charge in [-0.15, -0.1) is 6.58 Å². The van der Waals surface area contributed by atoms with Gasteiger partial charge in [-0.05, 0) is 45.8 Å². The average molecular weight is 330 g/mol. The summed E-state index contributed by atoms with van der Waals surface area (Å²) in [5.74, 6) is 0. The Labute approximate surface area is 138 Å². The van der Waals surface area contributed by atoms with E-state index in [1.807, 2.05) is 27.7 Å². The van der Waals surface area contributed by atoms with E-state index in [0.29, 0.717) is 6.61 Å². The molecule has 0 radical (unpaired) electrons. The number of hydrogen-bond acceptors (Lipinski definition) is 3. The predicted molar refractivity (Wildman–Crippen MR) is 95.7 cm³/mol. The molecule has 0 aliphatic heterocycles. The summed E-state index contributed by atoms with van der Waals surface area (Å²) in [6.07, 6.45) is 1.39. The highest BCUT2D eigenvalue weighted by molar-refractivity contribution is 6.74. The summed E-state index contributed by atoms with van der Waals surface area (Å²) in [4.78, 5) is 13.9. The van der Waals surface area contributed by atoms with Crippen LogP contribution >= 0.6 is 0 Å². The van der Waals surface area contributed by atoms with Gasteiger partial charge in [0.25, 0.3) is 0 Å². The van der Waals surface area contributed by atoms with Crippen molar-refractivity contribution in [3.8, 4) is 0 Å². The van der Waals surface area contributed by atoms with E-state index in [0.717, 1.165) is 0 Å². The number of nitrogens with zero attached hydrogens (tertiary/aromatic N) is 1. The fourth-order valence-electron chi connectivity index (χ4n) is 1.37. The molecule has 0 rings (SSSR count). The average Bonchev–Trinajstić information content (AvgIpc) is 2.31. The van der Waals surface area contributed by atoms with Crippen molar-refractivity contribution in [3.63, 3.8) is 0 Å². The molecule has 0 saturated heterocycles. The van der Waals surface area contributed by atoms with Crippen LogP contribution in [0.4, 0.5) is 4.79 Å². The minimum absolute atomic E-state index is 0.125. The van der Waals surface area contributed by atoms with Crippen molar-refractivity contribution in [2.75, 3.05) is 13.7 Å². The Bertz CT molecular complexity index is 407. The lowest BCUT2D eigenvalue weighted by atomic mass is 10.0. The van der Waals surface area contributed by atoms with Crippen molar-refractivity contribution in [3.05, 3.63) is 12.7 Å². The maximum Gasteiger partial charge on any atom is 0.410 e. The number of carbonyl (C=O) groups excluding carboxylic acids is 1. The summed E-state index contributed by atoms with van der Waals surface area (Å²) in [6.45, 7) is 22.8. The highest BCUT2D eigenvalue weighted by atomic mass is 28.4. The summed E-state index contributed by atoms with van der Waals surface area (Å²) in [5, 5.41) is 0.125. The molecule has 0 N–H and O–H groups in total. The molecule has 1 amide bonds. The molecule has 0 spiro atoms. The van der Waals surface area contributed by atoms with Gasteiger partial charge in [0.05, 0.1) is 12.1 Å². The topological polar surface area (TPSA) is 38.8 Å². The third kappa shape index (κ3) is 5.76. The Morgan fingerprint density at radius 3 is 1.91 bits per heavy atom. The molecule has 130 valence electrons. The Morgan fingerprint density at radius 2 is 1.59 bits per heavy atom. The molecule has 0 fully saturated rings. The monoisotopic (exact) mass is 329 g/mol. The lowest BCUT2D eigenvalue weighted by Crippen LogP contribution is -2.53. The third-order valence-electron chi connectivity index (χ3n) is 4.40. The zero-order valence-electron chi connectivity index (χ0n) is 16.2. The lowest BCUT2D eigenvalue weighted by molar-refractivity contribution is 0.00740. The van der Waals surface area contributed by atoms with E-state index in [1.165, 1.54) is 0 Å². The molecule has 0 aliphatic carbocycles. The second-order valence-corrected chi connectivity index (χ2v) is 13.5. The predicted octanol–water partition coefficient (Wildman–Crippen LogP) is 4.82. The van der Waals surface area contributed by atoms with Crippen LogP contribution in [0.15, 0.2) is 12.7 Å². The molecule has 22 heavy (non-hydrogen) atoms. The first-order chi connectivity index (χ1) is 9.56. The third-order valence-corrected chi connectivity index (χ3v) is 8.88. The second kappa shape index (κ2) is 6.75. The summed E-state index contributed by atoms with van der Waals surface area (Å²) in [5.41, 5.74) is -1.12. The van der Waals surface area contributed by atoms with Crippen molar-refractivity contribution in [1.29, 1.82) is 0 Å². The van der Waals surface area contributed by atoms with Crippen LogP contribution in [-0.2, 0) is 9.16 Å². The maximum absolute atomic E-state index is 12.3. The van der Waals surface area contributed by atoms with E-state index in [1.54, 1.807) is 18.0 Å². The molecule has 4 nitrogen and oxygen atoms in total. The van der Waals surface area contributed by atoms with Crippen LogP contribution < -0.4 is 0 Å². The van der Waals surface area contributed by atoms with Gasteiger partial charge < -0.3 is 14.1 Å². The van der Waals surface area contributed by atoms with Gasteiger partial charge in [0.15, 0.2) is 8.32 Å². The highest BCUT2D eigenvalue weighted by Crippen LogP contribution is 2.37. The first-order valence-electron chi connectivity index (χ1n) is 7.80. The number of amides is 1. The van der Waals surface area contributed by atoms with Crippen LogP contribution in [0.2, 0.25) is 18.1 Å². The van der Waals surface area contributed by atoms with Gasteiger partial charge in [0, 0.05) is 7.05 Å². The standard InChI is InChI=1S/C17H35NO3Si/c1-12-17(8,13-20-22(10,11)16(5,6)7)18(9)14(19)21-15(2,3)4/h12H,1,13H2,2-11H3/t17-/m0/s1. The van der Waals surface area contributed by atoms with Gasteiger partial charge in [-0.3, -0.25) is 0 Å². The molecule has 0 saturated carbocycles. The summed E-state index contributed by atoms with van der Waals surface area (Å²) >= 11 is 0. The van der Waals surface area contributed by atoms with Gasteiger partial charge in [-0.25, -0.2) is 4.79 Å². The smallest absolute Gasteiger partial charge is 0.410 e. The first-order valence-corrected chi connectivity index (χ1v) is 10.7. The van der Waals surface area contributed by atoms with Gasteiger partial charge in [-0.1, -0.05) is 26.8 Å². The van der Waals surface area contributed by atoms with Crippen molar-refractivity contribution in [2.24, 2.45) is 0 Å². The first kappa shape index (κ1) is 21.2. The summed E-state index contributed by atoms with van der Waals surface area (Å²) in [7, 11) is -0.158. The Hall–Kier alpha value is -0.813. The van der Waals surface area contributed by atoms with Crippen molar-refractivity contribution >= 4 is 14.4 Å². The SMILES string of the molecule is C=C[C@@](C)(CO[Si](C)(C)C(C)(C)C)N(C)C(=O)OC(C)(C)C. The largest absolute Gasteiger partial charge is 0.444 e. The molecule has 0 aromatic carbocycles. The minimum atomic E-state index is -1.88. The molecule has 0 aliphatic rings. The normalized spacial score (nSPS) is 15.9. The van der Waals surface area contributed by atoms with Gasteiger partial charge in [0.2, 0.25) is 0 Å². The van der Waals surface area contributed by atoms with Gasteiger partial charge in [0.1, 0.15) is 5.60 Å². The van der Waals surface area contributed by atoms with Crippen LogP contribution in [0.25, 0.3) is 0 Å². The van der Waals surface area contributed by atoms with Crippen LogP contribution in [0.5, 0.6) is 0 Å². The van der Waals surface area contributed by atoms with E-state index < -0.39 is 19.5 Å². The molecular weight excluding hydrogens is 294 g/mol. The van der Waals surface area contributed by atoms with Gasteiger partial charge >= 0.3 is 6.09 Å². The fraction of sp³-hybridized carbons (Fsp3) is 0.824. The van der Waals surface area contributed by atoms with E-state index in [4.69, 9.17) is 9.16 Å². The molecule has 0 bridgehead atoms. The fourth-order valence-corrected chi connectivity index (χ4v) is 2.46. The van der Waals surface area contributed by atoms with Crippen LogP contribution in [-0.4, -0.2) is 44.1 Å². The molecular formula is C17H35NO3Si. The van der Waals surface area contributed by atoms with E-state index in [-0.39, 0.29) is 11.1 Å². The molecule has 0 heterocycles. The van der Waals surface area contributed by atoms with E-state index in [9.17, 15) is 4.79 Å². The molecule has 5 heteroatoms. The Morgan fingerprint density at radius 1 is 1.14 bits per heavy atom. The molecule has 0 unspecified atom stereocenters. The van der Waals surface area contributed by atoms with Crippen molar-refractivity contribution in [2.45, 2.75) is 77.7 Å². The Balaban J connectivity index is 5.06. The number of likely N-dealkylation sites (N-methyl/N-ethyl adjacent to an activating group) is 1. The molecule has 1 atom stereocenters. The van der Waals surface area contributed by atoms with Crippen LogP contribution in [0, 0.1) is 0 Å². The zero-order chi connectivity index (χ0) is 18.0. The Kier molecular flexibility index (Phi) is 6.50. The molecule has 0 aromatic heterocycles. The van der Waals surface area contributed by atoms with Crippen molar-refractivity contribution < 1.29 is 14.0 Å². The lowest BCUT2D eigenvalue weighted by Gasteiger charge is -2.42. The zero-order valence-corrected chi connectivity index (χ0v) is 17.2. The number of carbonyl (C=O) groups is 1. The molecule has 0 aromatic rings. The number of rotatable bonds is 5. The second-order valence-electron chi connectivity index (χ2n) is 8.65. The number of ether oxygens (including phenoxy) is 1. The van der Waals surface area contributed by atoms with Gasteiger partial charge in [-0.2, -0.15) is 0 Å². The number of hydrogen-bond donors (Lipinski definition) is 0. The van der Waals surface area contributed by atoms with Crippen molar-refractivity contribution in [1.82, 2.24) is 4.90 Å². The maximum atomic E-state index is 12.3. The summed E-state index contributed by atoms with van der Waals surface area (Å²) < 4.78 is 11.7. The van der Waals surface area contributed by atoms with E-state index in [2.05, 4.69) is 40.4 Å². The van der Waals surface area contributed by atoms with Crippen LogP contribution in [0.3, 0.4) is 0 Å². The quantitative estimate of drug-likeness (QED) is 0.536. The van der Waals surface area contributed by atoms with E-state index >= 15 is 0 Å². The minimum Gasteiger partial charge on any atom is -0.444 e. The van der Waals surface area contributed by atoms with Crippen LogP contribution in [0.1, 0.15) is 48.5 Å².